The molecule has 1 aliphatic heterocycles. The van der Waals surface area contributed by atoms with E-state index in [9.17, 15) is 25.2 Å². The van der Waals surface area contributed by atoms with E-state index < -0.39 is 35.8 Å². The molecule has 5 unspecified atom stereocenters. The summed E-state index contributed by atoms with van der Waals surface area (Å²) >= 11 is 1.18. The Hall–Kier alpha value is -0.340. The van der Waals surface area contributed by atoms with Gasteiger partial charge in [0, 0.05) is 5.25 Å². The van der Waals surface area contributed by atoms with E-state index in [1.807, 2.05) is 13.8 Å². The Morgan fingerprint density at radius 2 is 1.81 bits per heavy atom. The topological polar surface area (TPSA) is 110 Å². The lowest BCUT2D eigenvalue weighted by atomic mass is 10.0. The fraction of sp³-hybridized carbons (Fsp3) is 0.889. The van der Waals surface area contributed by atoms with E-state index >= 15 is 0 Å². The van der Waals surface area contributed by atoms with Crippen LogP contribution in [0.4, 0.5) is 0 Å². The maximum Gasteiger partial charge on any atom is 0.133 e. The van der Waals surface area contributed by atoms with Gasteiger partial charge in [-0.15, -0.1) is 11.8 Å². The Labute approximate surface area is 97.2 Å². The van der Waals surface area contributed by atoms with Gasteiger partial charge < -0.3 is 30.0 Å². The van der Waals surface area contributed by atoms with Crippen molar-refractivity contribution >= 4 is 17.7 Å². The number of aliphatic hydroxyl groups is 3. The first kappa shape index (κ1) is 13.7. The van der Waals surface area contributed by atoms with Crippen LogP contribution in [0.5, 0.6) is 0 Å². The van der Waals surface area contributed by atoms with Gasteiger partial charge in [0.1, 0.15) is 29.9 Å². The van der Waals surface area contributed by atoms with Crippen molar-refractivity contribution in [2.24, 2.45) is 0 Å². The van der Waals surface area contributed by atoms with Crippen LogP contribution in [0.1, 0.15) is 13.8 Å². The molecule has 1 aliphatic rings. The van der Waals surface area contributed by atoms with Gasteiger partial charge in [0.15, 0.2) is 0 Å². The smallest absolute Gasteiger partial charge is 0.133 e. The molecule has 0 bridgehead atoms. The molecule has 7 heteroatoms. The molecule has 5 atom stereocenters. The monoisotopic (exact) mass is 251 g/mol. The summed E-state index contributed by atoms with van der Waals surface area (Å²) in [5.74, 6) is -1.60. The molecule has 0 aromatic heterocycles. The van der Waals surface area contributed by atoms with Crippen LogP contribution in [0.25, 0.3) is 0 Å². The SMILES string of the molecule is CC(C)SC1OC(C(=O)[O-])C(O)C(O)C1O. The van der Waals surface area contributed by atoms with Gasteiger partial charge in [0.2, 0.25) is 0 Å². The summed E-state index contributed by atoms with van der Waals surface area (Å²) in [6.45, 7) is 3.68. The minimum absolute atomic E-state index is 0.0875. The Morgan fingerprint density at radius 3 is 2.25 bits per heavy atom. The summed E-state index contributed by atoms with van der Waals surface area (Å²) in [5, 5.41) is 39.2. The third-order valence-electron chi connectivity index (χ3n) is 2.21. The van der Waals surface area contributed by atoms with Gasteiger partial charge in [-0.2, -0.15) is 0 Å². The fourth-order valence-electron chi connectivity index (χ4n) is 1.42. The Balaban J connectivity index is 2.77. The third-order valence-corrected chi connectivity index (χ3v) is 3.41. The third kappa shape index (κ3) is 2.86. The largest absolute Gasteiger partial charge is 0.547 e. The second-order valence-corrected chi connectivity index (χ2v) is 5.58. The molecular weight excluding hydrogens is 236 g/mol. The lowest BCUT2D eigenvalue weighted by Gasteiger charge is -2.41. The van der Waals surface area contributed by atoms with Crippen LogP contribution in [0.2, 0.25) is 0 Å². The van der Waals surface area contributed by atoms with Gasteiger partial charge >= 0.3 is 0 Å². The second kappa shape index (κ2) is 5.33. The Kier molecular flexibility index (Phi) is 4.57. The molecule has 3 N–H and O–H groups in total. The molecule has 1 saturated heterocycles. The van der Waals surface area contributed by atoms with E-state index in [1.54, 1.807) is 0 Å². The van der Waals surface area contributed by atoms with Crippen LogP contribution < -0.4 is 5.11 Å². The molecule has 0 aromatic carbocycles. The molecular formula is C9H15O6S-. The van der Waals surface area contributed by atoms with Crippen molar-refractivity contribution in [2.75, 3.05) is 0 Å². The molecule has 0 spiro atoms. The van der Waals surface area contributed by atoms with Crippen LogP contribution in [-0.4, -0.2) is 56.4 Å². The number of carbonyl (C=O) groups excluding carboxylic acids is 1. The van der Waals surface area contributed by atoms with Crippen molar-refractivity contribution < 1.29 is 30.0 Å². The number of hydrogen-bond acceptors (Lipinski definition) is 7. The van der Waals surface area contributed by atoms with Crippen LogP contribution in [-0.2, 0) is 9.53 Å². The lowest BCUT2D eigenvalue weighted by Crippen LogP contribution is -2.61. The van der Waals surface area contributed by atoms with Gasteiger partial charge in [-0.05, 0) is 0 Å². The molecule has 94 valence electrons. The second-order valence-electron chi connectivity index (χ2n) is 3.90. The number of aliphatic hydroxyl groups excluding tert-OH is 3. The van der Waals surface area contributed by atoms with Crippen molar-refractivity contribution in [3.8, 4) is 0 Å². The zero-order chi connectivity index (χ0) is 12.5. The summed E-state index contributed by atoms with van der Waals surface area (Å²) in [7, 11) is 0. The van der Waals surface area contributed by atoms with E-state index in [4.69, 9.17) is 4.74 Å². The van der Waals surface area contributed by atoms with E-state index in [1.165, 1.54) is 11.8 Å². The van der Waals surface area contributed by atoms with E-state index in [2.05, 4.69) is 0 Å². The maximum atomic E-state index is 10.7. The summed E-state index contributed by atoms with van der Waals surface area (Å²) < 4.78 is 4.99. The van der Waals surface area contributed by atoms with Crippen LogP contribution in [0.3, 0.4) is 0 Å². The highest BCUT2D eigenvalue weighted by molar-refractivity contribution is 8.00. The highest BCUT2D eigenvalue weighted by Gasteiger charge is 2.44. The highest BCUT2D eigenvalue weighted by Crippen LogP contribution is 2.30. The lowest BCUT2D eigenvalue weighted by molar-refractivity contribution is -0.329. The van der Waals surface area contributed by atoms with Crippen LogP contribution in [0, 0.1) is 0 Å². The molecule has 0 aromatic rings. The zero-order valence-electron chi connectivity index (χ0n) is 8.94. The van der Waals surface area contributed by atoms with Gasteiger partial charge in [-0.3, -0.25) is 0 Å². The molecule has 1 fully saturated rings. The highest BCUT2D eigenvalue weighted by atomic mass is 32.2. The summed E-state index contributed by atoms with van der Waals surface area (Å²) in [6, 6.07) is 0. The van der Waals surface area contributed by atoms with Crippen LogP contribution >= 0.6 is 11.8 Å². The first-order valence-corrected chi connectivity index (χ1v) is 5.85. The number of ether oxygens (including phenoxy) is 1. The molecule has 1 rings (SSSR count). The number of carboxylic acids is 1. The molecule has 0 radical (unpaired) electrons. The molecule has 0 saturated carbocycles. The number of rotatable bonds is 3. The quantitative estimate of drug-likeness (QED) is 0.516. The summed E-state index contributed by atoms with van der Waals surface area (Å²) in [4.78, 5) is 10.7. The van der Waals surface area contributed by atoms with E-state index in [0.29, 0.717) is 0 Å². The first-order valence-electron chi connectivity index (χ1n) is 4.90. The predicted molar refractivity (Wildman–Crippen MR) is 54.4 cm³/mol. The van der Waals surface area contributed by atoms with Crippen molar-refractivity contribution in [1.29, 1.82) is 0 Å². The molecule has 1 heterocycles. The van der Waals surface area contributed by atoms with Crippen LogP contribution in [0.15, 0.2) is 0 Å². The first-order chi connectivity index (χ1) is 7.34. The minimum Gasteiger partial charge on any atom is -0.547 e. The standard InChI is InChI=1S/C9H16O6S/c1-3(2)16-9-6(12)4(10)5(11)7(15-9)8(13)14/h3-7,9-12H,1-2H3,(H,13,14)/p-1. The van der Waals surface area contributed by atoms with Gasteiger partial charge in [-0.25, -0.2) is 0 Å². The molecule has 0 amide bonds. The summed E-state index contributed by atoms with van der Waals surface area (Å²) in [5.41, 5.74) is -0.888. The minimum atomic E-state index is -1.68. The predicted octanol–water partition coefficient (Wildman–Crippen LogP) is -2.31. The fourth-order valence-corrected chi connectivity index (χ4v) is 2.47. The summed E-state index contributed by atoms with van der Waals surface area (Å²) in [6.07, 6.45) is -6.16. The average molecular weight is 251 g/mol. The van der Waals surface area contributed by atoms with Gasteiger partial charge in [-0.1, -0.05) is 13.8 Å². The Bertz CT molecular complexity index is 258. The normalized spacial score (nSPS) is 40.0. The van der Waals surface area contributed by atoms with E-state index in [0.717, 1.165) is 0 Å². The number of thioether (sulfide) groups is 1. The number of carboxylic acid groups (broad SMARTS) is 1. The van der Waals surface area contributed by atoms with Gasteiger partial charge in [0.05, 0.1) is 5.97 Å². The number of carbonyl (C=O) groups is 1. The van der Waals surface area contributed by atoms with Gasteiger partial charge in [0.25, 0.3) is 0 Å². The van der Waals surface area contributed by atoms with Crippen molar-refractivity contribution in [2.45, 2.75) is 48.9 Å². The zero-order valence-corrected chi connectivity index (χ0v) is 9.76. The molecule has 6 nitrogen and oxygen atoms in total. The van der Waals surface area contributed by atoms with Crippen molar-refractivity contribution in [3.63, 3.8) is 0 Å². The maximum absolute atomic E-state index is 10.7. The average Bonchev–Trinajstić information content (AvgIpc) is 2.18. The van der Waals surface area contributed by atoms with E-state index in [-0.39, 0.29) is 5.25 Å². The number of hydrogen-bond donors (Lipinski definition) is 3. The number of aliphatic carboxylic acids is 1. The van der Waals surface area contributed by atoms with Crippen molar-refractivity contribution in [1.82, 2.24) is 0 Å². The van der Waals surface area contributed by atoms with Crippen molar-refractivity contribution in [3.05, 3.63) is 0 Å². The molecule has 0 aliphatic carbocycles. The Morgan fingerprint density at radius 1 is 1.25 bits per heavy atom. The molecule has 16 heavy (non-hydrogen) atoms.